The van der Waals surface area contributed by atoms with Gasteiger partial charge in [-0.3, -0.25) is 9.59 Å². The highest BCUT2D eigenvalue weighted by Gasteiger charge is 2.34. The maximum atomic E-state index is 11.9. The van der Waals surface area contributed by atoms with Crippen LogP contribution >= 0.6 is 15.9 Å². The molecule has 2 N–H and O–H groups in total. The molecule has 2 amide bonds. The molecule has 96 valence electrons. The van der Waals surface area contributed by atoms with Crippen LogP contribution in [0.3, 0.4) is 0 Å². The summed E-state index contributed by atoms with van der Waals surface area (Å²) < 4.78 is 1.05. The van der Waals surface area contributed by atoms with Gasteiger partial charge in [-0.1, -0.05) is 15.9 Å². The minimum absolute atomic E-state index is 0.0417. The van der Waals surface area contributed by atoms with E-state index >= 15 is 0 Å². The third-order valence-corrected chi connectivity index (χ3v) is 4.51. The molecule has 1 aliphatic heterocycles. The Labute approximate surface area is 114 Å². The predicted octanol–water partition coefficient (Wildman–Crippen LogP) is 1.90. The number of rotatable bonds is 2. The third-order valence-electron chi connectivity index (χ3n) is 3.26. The molecule has 18 heavy (non-hydrogen) atoms. The Morgan fingerprint density at radius 1 is 1.39 bits per heavy atom. The van der Waals surface area contributed by atoms with Gasteiger partial charge in [-0.05, 0) is 37.1 Å². The highest BCUT2D eigenvalue weighted by molar-refractivity contribution is 9.10. The SMILES string of the molecule is Cc1cc(N2C[C@@H](C(N)=O)CC2=O)cc(C)c1Br. The van der Waals surface area contributed by atoms with Crippen molar-refractivity contribution in [2.45, 2.75) is 20.3 Å². The van der Waals surface area contributed by atoms with Crippen LogP contribution in [0.15, 0.2) is 16.6 Å². The summed E-state index contributed by atoms with van der Waals surface area (Å²) in [5, 5.41) is 0. The first-order valence-electron chi connectivity index (χ1n) is 5.76. The molecule has 0 bridgehead atoms. The van der Waals surface area contributed by atoms with Crippen molar-refractivity contribution in [3.05, 3.63) is 27.7 Å². The molecule has 1 aliphatic rings. The number of carbonyl (C=O) groups excluding carboxylic acids is 2. The van der Waals surface area contributed by atoms with E-state index in [0.717, 1.165) is 21.3 Å². The summed E-state index contributed by atoms with van der Waals surface area (Å²) in [4.78, 5) is 24.7. The van der Waals surface area contributed by atoms with Gasteiger partial charge in [0.1, 0.15) is 0 Å². The zero-order valence-corrected chi connectivity index (χ0v) is 12.0. The quantitative estimate of drug-likeness (QED) is 0.907. The first-order valence-corrected chi connectivity index (χ1v) is 6.56. The van der Waals surface area contributed by atoms with E-state index in [0.29, 0.717) is 6.54 Å². The number of amides is 2. The first kappa shape index (κ1) is 13.1. The molecule has 2 rings (SSSR count). The molecule has 0 radical (unpaired) electrons. The van der Waals surface area contributed by atoms with Gasteiger partial charge in [0, 0.05) is 23.1 Å². The van der Waals surface area contributed by atoms with Crippen molar-refractivity contribution in [3.63, 3.8) is 0 Å². The van der Waals surface area contributed by atoms with E-state index in [-0.39, 0.29) is 18.2 Å². The van der Waals surface area contributed by atoms with Crippen molar-refractivity contribution < 1.29 is 9.59 Å². The number of benzene rings is 1. The lowest BCUT2D eigenvalue weighted by Gasteiger charge is -2.18. The van der Waals surface area contributed by atoms with Crippen LogP contribution in [0.1, 0.15) is 17.5 Å². The Hall–Kier alpha value is -1.36. The lowest BCUT2D eigenvalue weighted by Crippen LogP contribution is -2.28. The van der Waals surface area contributed by atoms with Crippen LogP contribution in [0, 0.1) is 19.8 Å². The molecule has 0 unspecified atom stereocenters. The van der Waals surface area contributed by atoms with Crippen molar-refractivity contribution in [2.75, 3.05) is 11.4 Å². The van der Waals surface area contributed by atoms with Crippen LogP contribution in [0.5, 0.6) is 0 Å². The summed E-state index contributed by atoms with van der Waals surface area (Å²) in [6.45, 7) is 4.34. The Balaban J connectivity index is 2.33. The van der Waals surface area contributed by atoms with Crippen molar-refractivity contribution in [3.8, 4) is 0 Å². The first-order chi connectivity index (χ1) is 8.40. The Kier molecular flexibility index (Phi) is 3.43. The van der Waals surface area contributed by atoms with Crippen molar-refractivity contribution in [1.82, 2.24) is 0 Å². The van der Waals surface area contributed by atoms with Crippen LogP contribution in [0.4, 0.5) is 5.69 Å². The molecule has 1 heterocycles. The second kappa shape index (κ2) is 4.72. The number of carbonyl (C=O) groups is 2. The number of nitrogens with two attached hydrogens (primary N) is 1. The van der Waals surface area contributed by atoms with Crippen LogP contribution < -0.4 is 10.6 Å². The summed E-state index contributed by atoms with van der Waals surface area (Å²) in [7, 11) is 0. The summed E-state index contributed by atoms with van der Waals surface area (Å²) in [6, 6.07) is 3.89. The summed E-state index contributed by atoms with van der Waals surface area (Å²) >= 11 is 3.49. The topological polar surface area (TPSA) is 63.4 Å². The van der Waals surface area contributed by atoms with Gasteiger partial charge < -0.3 is 10.6 Å². The fraction of sp³-hybridized carbons (Fsp3) is 0.385. The van der Waals surface area contributed by atoms with E-state index in [2.05, 4.69) is 15.9 Å². The van der Waals surface area contributed by atoms with Crippen LogP contribution in [0.2, 0.25) is 0 Å². The van der Waals surface area contributed by atoms with Gasteiger partial charge in [0.05, 0.1) is 5.92 Å². The van der Waals surface area contributed by atoms with Gasteiger partial charge >= 0.3 is 0 Å². The van der Waals surface area contributed by atoms with Gasteiger partial charge in [0.25, 0.3) is 0 Å². The molecule has 0 aliphatic carbocycles. The maximum absolute atomic E-state index is 11.9. The fourth-order valence-corrected chi connectivity index (χ4v) is 2.46. The third kappa shape index (κ3) is 2.27. The van der Waals surface area contributed by atoms with E-state index in [1.165, 1.54) is 0 Å². The standard InChI is InChI=1S/C13H15BrN2O2/c1-7-3-10(4-8(2)12(7)14)16-6-9(13(15)18)5-11(16)17/h3-4,9H,5-6H2,1-2H3,(H2,15,18)/t9-/m0/s1. The number of aryl methyl sites for hydroxylation is 2. The van der Waals surface area contributed by atoms with Gasteiger partial charge in [-0.25, -0.2) is 0 Å². The van der Waals surface area contributed by atoms with Crippen LogP contribution in [-0.2, 0) is 9.59 Å². The van der Waals surface area contributed by atoms with E-state index in [1.54, 1.807) is 4.90 Å². The van der Waals surface area contributed by atoms with Crippen LogP contribution in [0.25, 0.3) is 0 Å². The van der Waals surface area contributed by atoms with Crippen molar-refractivity contribution in [1.29, 1.82) is 0 Å². The van der Waals surface area contributed by atoms with Gasteiger partial charge in [-0.2, -0.15) is 0 Å². The largest absolute Gasteiger partial charge is 0.369 e. The molecule has 0 aromatic heterocycles. The Bertz CT molecular complexity index is 505. The van der Waals surface area contributed by atoms with E-state index in [4.69, 9.17) is 5.73 Å². The number of nitrogens with zero attached hydrogens (tertiary/aromatic N) is 1. The summed E-state index contributed by atoms with van der Waals surface area (Å²) in [5.41, 5.74) is 8.23. The van der Waals surface area contributed by atoms with Gasteiger partial charge in [0.2, 0.25) is 11.8 Å². The second-order valence-electron chi connectivity index (χ2n) is 4.70. The maximum Gasteiger partial charge on any atom is 0.227 e. The number of halogens is 1. The molecule has 1 aromatic carbocycles. The van der Waals surface area contributed by atoms with Gasteiger partial charge in [0.15, 0.2) is 0 Å². The van der Waals surface area contributed by atoms with Crippen molar-refractivity contribution >= 4 is 33.4 Å². The monoisotopic (exact) mass is 310 g/mol. The molecule has 0 spiro atoms. The molecule has 5 heteroatoms. The highest BCUT2D eigenvalue weighted by atomic mass is 79.9. The number of hydrogen-bond donors (Lipinski definition) is 1. The lowest BCUT2D eigenvalue weighted by atomic mass is 10.1. The fourth-order valence-electron chi connectivity index (χ4n) is 2.23. The van der Waals surface area contributed by atoms with Crippen LogP contribution in [-0.4, -0.2) is 18.4 Å². The molecular formula is C13H15BrN2O2. The molecular weight excluding hydrogens is 296 g/mol. The Morgan fingerprint density at radius 3 is 2.39 bits per heavy atom. The van der Waals surface area contributed by atoms with Gasteiger partial charge in [-0.15, -0.1) is 0 Å². The molecule has 1 atom stereocenters. The molecule has 4 nitrogen and oxygen atoms in total. The minimum Gasteiger partial charge on any atom is -0.369 e. The second-order valence-corrected chi connectivity index (χ2v) is 5.49. The molecule has 1 aromatic rings. The van der Waals surface area contributed by atoms with Crippen molar-refractivity contribution in [2.24, 2.45) is 11.7 Å². The number of anilines is 1. The average molecular weight is 311 g/mol. The smallest absolute Gasteiger partial charge is 0.227 e. The zero-order chi connectivity index (χ0) is 13.4. The number of primary amides is 1. The highest BCUT2D eigenvalue weighted by Crippen LogP contribution is 2.30. The lowest BCUT2D eigenvalue weighted by molar-refractivity contribution is -0.123. The normalized spacial score (nSPS) is 19.4. The minimum atomic E-state index is -0.406. The van der Waals surface area contributed by atoms with E-state index < -0.39 is 5.91 Å². The zero-order valence-electron chi connectivity index (χ0n) is 10.4. The van der Waals surface area contributed by atoms with E-state index in [1.807, 2.05) is 26.0 Å². The molecule has 0 saturated carbocycles. The predicted molar refractivity (Wildman–Crippen MR) is 73.3 cm³/mol. The number of hydrogen-bond acceptors (Lipinski definition) is 2. The summed E-state index contributed by atoms with van der Waals surface area (Å²) in [5.74, 6) is -0.821. The molecule has 1 saturated heterocycles. The Morgan fingerprint density at radius 2 is 1.94 bits per heavy atom. The summed E-state index contributed by atoms with van der Waals surface area (Å²) in [6.07, 6.45) is 0.212. The average Bonchev–Trinajstić information content (AvgIpc) is 2.68. The van der Waals surface area contributed by atoms with E-state index in [9.17, 15) is 9.59 Å². The molecule has 1 fully saturated rings.